The molecule has 1 N–H and O–H groups in total. The first kappa shape index (κ1) is 19.6. The lowest BCUT2D eigenvalue weighted by Crippen LogP contribution is -2.21. The lowest BCUT2D eigenvalue weighted by Gasteiger charge is -2.10. The maximum Gasteiger partial charge on any atom is 0.341 e. The minimum atomic E-state index is -0.551. The molecule has 0 aliphatic carbocycles. The molecule has 2 aromatic carbocycles. The van der Waals surface area contributed by atoms with Crippen molar-refractivity contribution < 1.29 is 23.5 Å². The molecule has 0 aliphatic heterocycles. The smallest absolute Gasteiger partial charge is 0.341 e. The van der Waals surface area contributed by atoms with Crippen molar-refractivity contribution in [1.82, 2.24) is 0 Å². The van der Waals surface area contributed by atoms with Gasteiger partial charge in [-0.25, -0.2) is 9.18 Å². The number of halogens is 1. The first-order valence-electron chi connectivity index (χ1n) is 8.61. The highest BCUT2D eigenvalue weighted by Crippen LogP contribution is 2.36. The SMILES string of the molecule is CCOC(=O)c1c(-c2ccccc2)csc1NC(=O)COc1ccccc1F. The van der Waals surface area contributed by atoms with Crippen LogP contribution in [0.1, 0.15) is 17.3 Å². The number of hydrogen-bond acceptors (Lipinski definition) is 5. The van der Waals surface area contributed by atoms with Gasteiger partial charge >= 0.3 is 5.97 Å². The Balaban J connectivity index is 1.79. The fourth-order valence-electron chi connectivity index (χ4n) is 2.55. The van der Waals surface area contributed by atoms with Crippen LogP contribution >= 0.6 is 11.3 Å². The van der Waals surface area contributed by atoms with Crippen LogP contribution in [0.15, 0.2) is 60.0 Å². The average molecular weight is 399 g/mol. The summed E-state index contributed by atoms with van der Waals surface area (Å²) >= 11 is 1.22. The van der Waals surface area contributed by atoms with Crippen molar-refractivity contribution in [3.63, 3.8) is 0 Å². The number of ether oxygens (including phenoxy) is 2. The third kappa shape index (κ3) is 4.55. The molecule has 0 bridgehead atoms. The van der Waals surface area contributed by atoms with Crippen molar-refractivity contribution in [3.8, 4) is 16.9 Å². The van der Waals surface area contributed by atoms with E-state index in [0.717, 1.165) is 5.56 Å². The van der Waals surface area contributed by atoms with E-state index in [-0.39, 0.29) is 24.5 Å². The van der Waals surface area contributed by atoms with E-state index in [4.69, 9.17) is 9.47 Å². The Morgan fingerprint density at radius 3 is 2.50 bits per heavy atom. The Morgan fingerprint density at radius 1 is 1.07 bits per heavy atom. The lowest BCUT2D eigenvalue weighted by atomic mass is 10.0. The zero-order chi connectivity index (χ0) is 19.9. The van der Waals surface area contributed by atoms with Gasteiger partial charge in [-0.2, -0.15) is 0 Å². The summed E-state index contributed by atoms with van der Waals surface area (Å²) in [4.78, 5) is 24.8. The summed E-state index contributed by atoms with van der Waals surface area (Å²) < 4.78 is 24.0. The van der Waals surface area contributed by atoms with Crippen molar-refractivity contribution in [2.24, 2.45) is 0 Å². The molecule has 28 heavy (non-hydrogen) atoms. The molecule has 5 nitrogen and oxygen atoms in total. The molecule has 7 heteroatoms. The second-order valence-corrected chi connectivity index (χ2v) is 6.59. The molecule has 1 heterocycles. The van der Waals surface area contributed by atoms with Crippen LogP contribution in [-0.4, -0.2) is 25.1 Å². The molecular formula is C21H18FNO4S. The van der Waals surface area contributed by atoms with E-state index in [1.807, 2.05) is 30.3 Å². The summed E-state index contributed by atoms with van der Waals surface area (Å²) in [6, 6.07) is 15.2. The Labute approximate surface area is 165 Å². The minimum Gasteiger partial charge on any atom is -0.481 e. The number of esters is 1. The van der Waals surface area contributed by atoms with Gasteiger partial charge in [0, 0.05) is 10.9 Å². The number of carbonyl (C=O) groups excluding carboxylic acids is 2. The quantitative estimate of drug-likeness (QED) is 0.583. The number of nitrogens with one attached hydrogen (secondary N) is 1. The van der Waals surface area contributed by atoms with Crippen LogP contribution in [0.3, 0.4) is 0 Å². The first-order valence-corrected chi connectivity index (χ1v) is 9.49. The highest BCUT2D eigenvalue weighted by atomic mass is 32.1. The molecule has 0 saturated carbocycles. The summed E-state index contributed by atoms with van der Waals surface area (Å²) in [5.74, 6) is -1.59. The fourth-order valence-corrected chi connectivity index (χ4v) is 3.53. The molecular weight excluding hydrogens is 381 g/mol. The van der Waals surface area contributed by atoms with Crippen LogP contribution in [0.5, 0.6) is 5.75 Å². The van der Waals surface area contributed by atoms with E-state index in [1.165, 1.54) is 29.5 Å². The number of rotatable bonds is 7. The summed E-state index contributed by atoms with van der Waals surface area (Å²) in [5.41, 5.74) is 1.80. The third-order valence-electron chi connectivity index (χ3n) is 3.80. The number of anilines is 1. The Morgan fingerprint density at radius 2 is 1.79 bits per heavy atom. The molecule has 3 rings (SSSR count). The molecule has 0 aliphatic rings. The molecule has 0 fully saturated rings. The van der Waals surface area contributed by atoms with Crippen LogP contribution in [0.25, 0.3) is 11.1 Å². The van der Waals surface area contributed by atoms with Crippen molar-refractivity contribution in [2.45, 2.75) is 6.92 Å². The van der Waals surface area contributed by atoms with Gasteiger partial charge in [0.1, 0.15) is 10.6 Å². The van der Waals surface area contributed by atoms with Crippen LogP contribution in [-0.2, 0) is 9.53 Å². The largest absolute Gasteiger partial charge is 0.481 e. The number of thiophene rings is 1. The highest BCUT2D eigenvalue weighted by Gasteiger charge is 2.23. The molecule has 144 valence electrons. The molecule has 0 unspecified atom stereocenters. The second-order valence-electron chi connectivity index (χ2n) is 5.71. The van der Waals surface area contributed by atoms with Gasteiger partial charge in [0.05, 0.1) is 6.61 Å². The van der Waals surface area contributed by atoms with Crippen molar-refractivity contribution >= 4 is 28.2 Å². The van der Waals surface area contributed by atoms with Crippen LogP contribution in [0.2, 0.25) is 0 Å². The van der Waals surface area contributed by atoms with Gasteiger partial charge < -0.3 is 14.8 Å². The first-order chi connectivity index (χ1) is 13.6. The molecule has 1 aromatic heterocycles. The predicted octanol–water partition coefficient (Wildman–Crippen LogP) is 4.75. The van der Waals surface area contributed by atoms with E-state index < -0.39 is 17.7 Å². The number of hydrogen-bond donors (Lipinski definition) is 1. The maximum absolute atomic E-state index is 13.6. The van der Waals surface area contributed by atoms with E-state index >= 15 is 0 Å². The number of para-hydroxylation sites is 1. The summed E-state index contributed by atoms with van der Waals surface area (Å²) in [6.45, 7) is 1.54. The third-order valence-corrected chi connectivity index (χ3v) is 4.70. The van der Waals surface area contributed by atoms with Crippen LogP contribution in [0, 0.1) is 5.82 Å². The second kappa shape index (κ2) is 9.14. The van der Waals surface area contributed by atoms with Gasteiger partial charge in [0.25, 0.3) is 5.91 Å². The van der Waals surface area contributed by atoms with E-state index in [2.05, 4.69) is 5.32 Å². The van der Waals surface area contributed by atoms with Gasteiger partial charge in [-0.1, -0.05) is 42.5 Å². The number of benzene rings is 2. The standard InChI is InChI=1S/C21H18FNO4S/c1-2-26-21(25)19-15(14-8-4-3-5-9-14)13-28-20(19)23-18(24)12-27-17-11-7-6-10-16(17)22/h3-11,13H,2,12H2,1H3,(H,23,24). The lowest BCUT2D eigenvalue weighted by molar-refractivity contribution is -0.118. The Hall–Kier alpha value is -3.19. The molecule has 0 radical (unpaired) electrons. The van der Waals surface area contributed by atoms with Gasteiger partial charge in [0.15, 0.2) is 18.2 Å². The summed E-state index contributed by atoms with van der Waals surface area (Å²) in [7, 11) is 0. The molecule has 0 saturated heterocycles. The summed E-state index contributed by atoms with van der Waals surface area (Å²) in [5, 5.41) is 4.81. The van der Waals surface area contributed by atoms with Crippen LogP contribution in [0.4, 0.5) is 9.39 Å². The Bertz CT molecular complexity index is 972. The highest BCUT2D eigenvalue weighted by molar-refractivity contribution is 7.15. The van der Waals surface area contributed by atoms with Gasteiger partial charge in [-0.3, -0.25) is 4.79 Å². The van der Waals surface area contributed by atoms with E-state index in [0.29, 0.717) is 10.6 Å². The van der Waals surface area contributed by atoms with E-state index in [1.54, 1.807) is 18.4 Å². The van der Waals surface area contributed by atoms with Crippen LogP contribution < -0.4 is 10.1 Å². The monoisotopic (exact) mass is 399 g/mol. The van der Waals surface area contributed by atoms with Gasteiger partial charge in [-0.15, -0.1) is 11.3 Å². The Kier molecular flexibility index (Phi) is 6.39. The minimum absolute atomic E-state index is 0.0144. The van der Waals surface area contributed by atoms with Crippen molar-refractivity contribution in [2.75, 3.05) is 18.5 Å². The van der Waals surface area contributed by atoms with Crippen molar-refractivity contribution in [3.05, 3.63) is 71.4 Å². The average Bonchev–Trinajstić information content (AvgIpc) is 3.12. The normalized spacial score (nSPS) is 10.4. The fraction of sp³-hybridized carbons (Fsp3) is 0.143. The van der Waals surface area contributed by atoms with Gasteiger partial charge in [-0.05, 0) is 24.6 Å². The molecule has 3 aromatic rings. The molecule has 0 spiro atoms. The zero-order valence-electron chi connectivity index (χ0n) is 15.1. The maximum atomic E-state index is 13.6. The predicted molar refractivity (Wildman–Crippen MR) is 106 cm³/mol. The number of carbonyl (C=O) groups is 2. The molecule has 0 atom stereocenters. The molecule has 1 amide bonds. The summed E-state index contributed by atoms with van der Waals surface area (Å²) in [6.07, 6.45) is 0. The number of amides is 1. The van der Waals surface area contributed by atoms with E-state index in [9.17, 15) is 14.0 Å². The van der Waals surface area contributed by atoms with Gasteiger partial charge in [0.2, 0.25) is 0 Å². The van der Waals surface area contributed by atoms with Crippen molar-refractivity contribution in [1.29, 1.82) is 0 Å². The topological polar surface area (TPSA) is 64.6 Å². The zero-order valence-corrected chi connectivity index (χ0v) is 15.9.